The third kappa shape index (κ3) is 3.17. The van der Waals surface area contributed by atoms with Crippen LogP contribution in [-0.4, -0.2) is 24.3 Å². The fraction of sp³-hybridized carbons (Fsp3) is 0.429. The number of ketones is 1. The summed E-state index contributed by atoms with van der Waals surface area (Å²) in [7, 11) is 0. The van der Waals surface area contributed by atoms with Crippen molar-refractivity contribution in [3.05, 3.63) is 29.8 Å². The van der Waals surface area contributed by atoms with Crippen molar-refractivity contribution in [2.24, 2.45) is 0 Å². The van der Waals surface area contributed by atoms with Gasteiger partial charge in [-0.15, -0.1) is 0 Å². The Morgan fingerprint density at radius 1 is 1.33 bits per heavy atom. The normalized spacial score (nSPS) is 19.3. The average molecular weight is 246 g/mol. The molecule has 0 spiro atoms. The van der Waals surface area contributed by atoms with Crippen molar-refractivity contribution in [2.75, 3.05) is 11.9 Å². The van der Waals surface area contributed by atoms with Crippen LogP contribution in [0.5, 0.6) is 0 Å². The third-order valence-corrected chi connectivity index (χ3v) is 3.16. The minimum absolute atomic E-state index is 0.00175. The predicted molar refractivity (Wildman–Crippen MR) is 70.7 cm³/mol. The van der Waals surface area contributed by atoms with Crippen LogP contribution in [0.4, 0.5) is 5.69 Å². The van der Waals surface area contributed by atoms with Crippen LogP contribution < -0.4 is 10.6 Å². The van der Waals surface area contributed by atoms with E-state index in [1.807, 2.05) is 0 Å². The first-order valence-corrected chi connectivity index (χ1v) is 6.32. The molecule has 1 saturated heterocycles. The summed E-state index contributed by atoms with van der Waals surface area (Å²) in [6, 6.07) is 6.92. The number of benzene rings is 1. The quantitative estimate of drug-likeness (QED) is 0.802. The van der Waals surface area contributed by atoms with Gasteiger partial charge in [-0.05, 0) is 38.4 Å². The van der Waals surface area contributed by atoms with Gasteiger partial charge in [0.25, 0.3) is 0 Å². The fourth-order valence-corrected chi connectivity index (χ4v) is 2.12. The van der Waals surface area contributed by atoms with Gasteiger partial charge in [-0.25, -0.2) is 0 Å². The summed E-state index contributed by atoms with van der Waals surface area (Å²) in [5.41, 5.74) is 1.30. The van der Waals surface area contributed by atoms with Crippen LogP contribution in [0.3, 0.4) is 0 Å². The van der Waals surface area contributed by atoms with Gasteiger partial charge in [0.1, 0.15) is 0 Å². The molecule has 2 N–H and O–H groups in total. The number of carbonyl (C=O) groups excluding carboxylic acids is 2. The molecule has 18 heavy (non-hydrogen) atoms. The van der Waals surface area contributed by atoms with Crippen molar-refractivity contribution in [3.8, 4) is 0 Å². The SMILES string of the molecule is CC(=O)c1cccc(NC(=O)C2CCCCN2)c1. The van der Waals surface area contributed by atoms with E-state index in [-0.39, 0.29) is 17.7 Å². The van der Waals surface area contributed by atoms with Crippen LogP contribution in [0, 0.1) is 0 Å². The van der Waals surface area contributed by atoms with E-state index in [9.17, 15) is 9.59 Å². The van der Waals surface area contributed by atoms with Gasteiger partial charge < -0.3 is 10.6 Å². The van der Waals surface area contributed by atoms with Gasteiger partial charge in [0.05, 0.1) is 6.04 Å². The molecular formula is C14H18N2O2. The number of hydrogen-bond donors (Lipinski definition) is 2. The van der Waals surface area contributed by atoms with Gasteiger partial charge in [0.15, 0.2) is 5.78 Å². The van der Waals surface area contributed by atoms with Gasteiger partial charge in [0.2, 0.25) is 5.91 Å². The predicted octanol–water partition coefficient (Wildman–Crippen LogP) is 1.97. The molecule has 0 bridgehead atoms. The van der Waals surface area contributed by atoms with Gasteiger partial charge in [0, 0.05) is 11.3 Å². The Morgan fingerprint density at radius 3 is 2.83 bits per heavy atom. The summed E-state index contributed by atoms with van der Waals surface area (Å²) < 4.78 is 0. The number of amides is 1. The first kappa shape index (κ1) is 12.8. The Labute approximate surface area is 107 Å². The largest absolute Gasteiger partial charge is 0.325 e. The molecule has 2 rings (SSSR count). The number of Topliss-reactive ketones (excluding diaryl/α,β-unsaturated/α-hetero) is 1. The van der Waals surface area contributed by atoms with Crippen LogP contribution in [0.25, 0.3) is 0 Å². The van der Waals surface area contributed by atoms with Gasteiger partial charge in [-0.3, -0.25) is 9.59 Å². The molecule has 0 aromatic heterocycles. The molecule has 1 heterocycles. The third-order valence-electron chi connectivity index (χ3n) is 3.16. The van der Waals surface area contributed by atoms with E-state index in [0.29, 0.717) is 11.3 Å². The van der Waals surface area contributed by atoms with Crippen molar-refractivity contribution >= 4 is 17.4 Å². The first-order chi connectivity index (χ1) is 8.66. The summed E-state index contributed by atoms with van der Waals surface area (Å²) in [6.45, 7) is 2.41. The van der Waals surface area contributed by atoms with Crippen molar-refractivity contribution in [1.29, 1.82) is 0 Å². The highest BCUT2D eigenvalue weighted by Gasteiger charge is 2.20. The maximum absolute atomic E-state index is 12.0. The van der Waals surface area contributed by atoms with Crippen LogP contribution in [-0.2, 0) is 4.79 Å². The lowest BCUT2D eigenvalue weighted by atomic mass is 10.0. The highest BCUT2D eigenvalue weighted by molar-refractivity contribution is 5.98. The van der Waals surface area contributed by atoms with Crippen molar-refractivity contribution in [3.63, 3.8) is 0 Å². The average Bonchev–Trinajstić information content (AvgIpc) is 2.40. The second kappa shape index (κ2) is 5.78. The molecule has 1 fully saturated rings. The van der Waals surface area contributed by atoms with Crippen LogP contribution in [0.2, 0.25) is 0 Å². The monoisotopic (exact) mass is 246 g/mol. The van der Waals surface area contributed by atoms with E-state index in [2.05, 4.69) is 10.6 Å². The van der Waals surface area contributed by atoms with E-state index < -0.39 is 0 Å². The zero-order chi connectivity index (χ0) is 13.0. The van der Waals surface area contributed by atoms with Crippen LogP contribution in [0.15, 0.2) is 24.3 Å². The molecule has 1 aliphatic heterocycles. The Bertz CT molecular complexity index is 451. The molecule has 4 nitrogen and oxygen atoms in total. The second-order valence-electron chi connectivity index (χ2n) is 4.63. The number of hydrogen-bond acceptors (Lipinski definition) is 3. The summed E-state index contributed by atoms with van der Waals surface area (Å²) >= 11 is 0. The molecule has 1 amide bonds. The smallest absolute Gasteiger partial charge is 0.241 e. The molecule has 1 aromatic rings. The molecule has 4 heteroatoms. The van der Waals surface area contributed by atoms with E-state index in [0.717, 1.165) is 25.8 Å². The van der Waals surface area contributed by atoms with E-state index in [1.165, 1.54) is 6.92 Å². The summed E-state index contributed by atoms with van der Waals surface area (Å²) in [6.07, 6.45) is 3.08. The summed E-state index contributed by atoms with van der Waals surface area (Å²) in [5, 5.41) is 6.05. The molecule has 1 unspecified atom stereocenters. The Hall–Kier alpha value is -1.68. The maximum Gasteiger partial charge on any atom is 0.241 e. The standard InChI is InChI=1S/C14H18N2O2/c1-10(17)11-5-4-6-12(9-11)16-14(18)13-7-2-3-8-15-13/h4-6,9,13,15H,2-3,7-8H2,1H3,(H,16,18). The van der Waals surface area contributed by atoms with Crippen molar-refractivity contribution < 1.29 is 9.59 Å². The molecule has 0 aliphatic carbocycles. The summed E-state index contributed by atoms with van der Waals surface area (Å²) in [4.78, 5) is 23.3. The topological polar surface area (TPSA) is 58.2 Å². The van der Waals surface area contributed by atoms with E-state index in [4.69, 9.17) is 0 Å². The van der Waals surface area contributed by atoms with Gasteiger partial charge in [-0.1, -0.05) is 18.6 Å². The van der Waals surface area contributed by atoms with Crippen molar-refractivity contribution in [2.45, 2.75) is 32.2 Å². The summed E-state index contributed by atoms with van der Waals surface area (Å²) in [5.74, 6) is -0.0164. The zero-order valence-electron chi connectivity index (χ0n) is 10.5. The highest BCUT2D eigenvalue weighted by Crippen LogP contribution is 2.13. The Kier molecular flexibility index (Phi) is 4.10. The minimum Gasteiger partial charge on any atom is -0.325 e. The minimum atomic E-state index is -0.111. The Balaban J connectivity index is 2.02. The van der Waals surface area contributed by atoms with Crippen molar-refractivity contribution in [1.82, 2.24) is 5.32 Å². The zero-order valence-corrected chi connectivity index (χ0v) is 10.5. The van der Waals surface area contributed by atoms with Gasteiger partial charge in [-0.2, -0.15) is 0 Å². The molecular weight excluding hydrogens is 228 g/mol. The highest BCUT2D eigenvalue weighted by atomic mass is 16.2. The maximum atomic E-state index is 12.0. The fourth-order valence-electron chi connectivity index (χ4n) is 2.12. The van der Waals surface area contributed by atoms with Gasteiger partial charge >= 0.3 is 0 Å². The number of nitrogens with one attached hydrogen (secondary N) is 2. The lowest BCUT2D eigenvalue weighted by molar-refractivity contribution is -0.118. The Morgan fingerprint density at radius 2 is 2.17 bits per heavy atom. The molecule has 1 aromatic carbocycles. The molecule has 1 atom stereocenters. The number of carbonyl (C=O) groups is 2. The van der Waals surface area contributed by atoms with E-state index >= 15 is 0 Å². The number of anilines is 1. The lowest BCUT2D eigenvalue weighted by Gasteiger charge is -2.22. The lowest BCUT2D eigenvalue weighted by Crippen LogP contribution is -2.43. The number of rotatable bonds is 3. The van der Waals surface area contributed by atoms with Crippen LogP contribution >= 0.6 is 0 Å². The van der Waals surface area contributed by atoms with E-state index in [1.54, 1.807) is 24.3 Å². The first-order valence-electron chi connectivity index (χ1n) is 6.32. The number of piperidine rings is 1. The molecule has 1 aliphatic rings. The second-order valence-corrected chi connectivity index (χ2v) is 4.63. The molecule has 0 saturated carbocycles. The van der Waals surface area contributed by atoms with Crippen LogP contribution in [0.1, 0.15) is 36.5 Å². The molecule has 0 radical (unpaired) electrons. The molecule has 96 valence electrons.